The topological polar surface area (TPSA) is 40.6 Å². The Kier molecular flexibility index (Phi) is 4.73. The molecule has 1 aromatic carbocycles. The van der Waals surface area contributed by atoms with E-state index in [2.05, 4.69) is 0 Å². The van der Waals surface area contributed by atoms with E-state index < -0.39 is 11.7 Å². The van der Waals surface area contributed by atoms with Crippen LogP contribution in [0, 0.1) is 0 Å². The molecule has 1 amide bonds. The molecule has 6 heteroatoms. The van der Waals surface area contributed by atoms with E-state index in [4.69, 9.17) is 11.6 Å². The number of halogens is 2. The van der Waals surface area contributed by atoms with Crippen molar-refractivity contribution in [3.63, 3.8) is 0 Å². The minimum absolute atomic E-state index is 0. The first-order valence-corrected chi connectivity index (χ1v) is 5.69. The second kappa shape index (κ2) is 5.69. The zero-order valence-electron chi connectivity index (χ0n) is 10.1. The van der Waals surface area contributed by atoms with E-state index in [1.807, 2.05) is 19.0 Å². The Morgan fingerprint density at radius 1 is 1.28 bits per heavy atom. The molecule has 0 aliphatic carbocycles. The third kappa shape index (κ3) is 2.51. The van der Waals surface area contributed by atoms with Crippen LogP contribution < -0.4 is 4.90 Å². The first-order chi connectivity index (χ1) is 8.02. The summed E-state index contributed by atoms with van der Waals surface area (Å²) in [5.74, 6) is -1.00. The Labute approximate surface area is 117 Å². The molecule has 0 radical (unpaired) electrons. The lowest BCUT2D eigenvalue weighted by atomic mass is 10.1. The molecule has 1 aliphatic rings. The molecule has 1 aromatic rings. The van der Waals surface area contributed by atoms with Crippen molar-refractivity contribution in [2.45, 2.75) is 0 Å². The predicted molar refractivity (Wildman–Crippen MR) is 73.9 cm³/mol. The molecule has 0 fully saturated rings. The highest BCUT2D eigenvalue weighted by Crippen LogP contribution is 2.33. The van der Waals surface area contributed by atoms with Crippen LogP contribution in [0.25, 0.3) is 0 Å². The Morgan fingerprint density at radius 3 is 2.56 bits per heavy atom. The highest BCUT2D eigenvalue weighted by Gasteiger charge is 2.36. The summed E-state index contributed by atoms with van der Waals surface area (Å²) in [5, 5.41) is 0.341. The molecule has 0 aromatic heterocycles. The molecule has 1 heterocycles. The lowest BCUT2D eigenvalue weighted by molar-refractivity contribution is -0.114. The summed E-state index contributed by atoms with van der Waals surface area (Å²) < 4.78 is 0. The van der Waals surface area contributed by atoms with Gasteiger partial charge in [-0.3, -0.25) is 9.59 Å². The van der Waals surface area contributed by atoms with Gasteiger partial charge in [-0.25, -0.2) is 0 Å². The number of rotatable bonds is 3. The van der Waals surface area contributed by atoms with E-state index in [9.17, 15) is 9.59 Å². The van der Waals surface area contributed by atoms with Crippen LogP contribution in [0.1, 0.15) is 10.4 Å². The number of nitrogens with zero attached hydrogens (tertiary/aromatic N) is 2. The second-order valence-corrected chi connectivity index (χ2v) is 4.63. The van der Waals surface area contributed by atoms with Gasteiger partial charge in [0.15, 0.2) is 0 Å². The van der Waals surface area contributed by atoms with Crippen molar-refractivity contribution in [3.05, 3.63) is 28.8 Å². The molecule has 0 N–H and O–H groups in total. The van der Waals surface area contributed by atoms with Gasteiger partial charge in [-0.2, -0.15) is 0 Å². The van der Waals surface area contributed by atoms with Crippen LogP contribution in [0.3, 0.4) is 0 Å². The van der Waals surface area contributed by atoms with Crippen molar-refractivity contribution in [2.75, 3.05) is 32.1 Å². The van der Waals surface area contributed by atoms with Crippen molar-refractivity contribution >= 4 is 41.4 Å². The quantitative estimate of drug-likeness (QED) is 0.797. The number of hydrogen-bond donors (Lipinski definition) is 0. The summed E-state index contributed by atoms with van der Waals surface area (Å²) in [6.07, 6.45) is 0. The fourth-order valence-corrected chi connectivity index (χ4v) is 2.08. The summed E-state index contributed by atoms with van der Waals surface area (Å²) in [6, 6.07) is 5.12. The number of amides is 1. The summed E-state index contributed by atoms with van der Waals surface area (Å²) in [7, 11) is 3.84. The minimum Gasteiger partial charge on any atom is -0.308 e. The van der Waals surface area contributed by atoms with Crippen LogP contribution in [0.5, 0.6) is 0 Å². The Balaban J connectivity index is 0.00000162. The fourth-order valence-electron chi connectivity index (χ4n) is 1.82. The molecule has 0 spiro atoms. The van der Waals surface area contributed by atoms with Gasteiger partial charge < -0.3 is 9.80 Å². The van der Waals surface area contributed by atoms with Crippen molar-refractivity contribution < 1.29 is 9.59 Å². The van der Waals surface area contributed by atoms with Crippen molar-refractivity contribution in [1.82, 2.24) is 4.90 Å². The van der Waals surface area contributed by atoms with Gasteiger partial charge in [0.1, 0.15) is 0 Å². The average Bonchev–Trinajstić information content (AvgIpc) is 2.51. The van der Waals surface area contributed by atoms with Crippen LogP contribution >= 0.6 is 24.0 Å². The van der Waals surface area contributed by atoms with Gasteiger partial charge >= 0.3 is 0 Å². The molecule has 18 heavy (non-hydrogen) atoms. The molecule has 0 saturated heterocycles. The van der Waals surface area contributed by atoms with E-state index in [1.54, 1.807) is 18.2 Å². The number of Topliss-reactive ketones (excluding diaryl/α,β-unsaturated/α-hetero) is 1. The first-order valence-electron chi connectivity index (χ1n) is 5.32. The lowest BCUT2D eigenvalue weighted by Gasteiger charge is -2.19. The van der Waals surface area contributed by atoms with E-state index in [-0.39, 0.29) is 12.4 Å². The third-order valence-corrected chi connectivity index (χ3v) is 3.03. The summed E-state index contributed by atoms with van der Waals surface area (Å²) in [4.78, 5) is 27.1. The molecule has 0 unspecified atom stereocenters. The minimum atomic E-state index is -0.510. The van der Waals surface area contributed by atoms with Crippen LogP contribution in [-0.4, -0.2) is 43.8 Å². The van der Waals surface area contributed by atoms with Gasteiger partial charge in [-0.1, -0.05) is 17.7 Å². The molecule has 0 saturated carbocycles. The van der Waals surface area contributed by atoms with Gasteiger partial charge in [0, 0.05) is 13.1 Å². The molecule has 0 bridgehead atoms. The lowest BCUT2D eigenvalue weighted by Crippen LogP contribution is -2.35. The Bertz CT molecular complexity index is 489. The molecule has 0 atom stereocenters. The zero-order valence-corrected chi connectivity index (χ0v) is 11.7. The molecular formula is C12H14Cl2N2O2. The smallest absolute Gasteiger partial charge is 0.299 e. The van der Waals surface area contributed by atoms with Crippen LogP contribution in [0.15, 0.2) is 18.2 Å². The SMILES string of the molecule is CN(C)CCN1C(=O)C(=O)c2c(Cl)cccc21.Cl. The standard InChI is InChI=1S/C12H13ClN2O2.ClH/c1-14(2)6-7-15-9-5-3-4-8(13)10(9)11(16)12(15)17;/h3-5H,6-7H2,1-2H3;1H. The number of ketones is 1. The maximum absolute atomic E-state index is 11.8. The van der Waals surface area contributed by atoms with Crippen molar-refractivity contribution in [3.8, 4) is 0 Å². The Hall–Kier alpha value is -1.10. The number of carbonyl (C=O) groups is 2. The zero-order chi connectivity index (χ0) is 12.6. The maximum Gasteiger partial charge on any atom is 0.299 e. The van der Waals surface area contributed by atoms with Gasteiger partial charge in [0.2, 0.25) is 0 Å². The Morgan fingerprint density at radius 2 is 1.94 bits per heavy atom. The first kappa shape index (κ1) is 15.0. The molecule has 2 rings (SSSR count). The van der Waals surface area contributed by atoms with Crippen LogP contribution in [0.2, 0.25) is 5.02 Å². The maximum atomic E-state index is 11.8. The fraction of sp³-hybridized carbons (Fsp3) is 0.333. The van der Waals surface area contributed by atoms with E-state index >= 15 is 0 Å². The van der Waals surface area contributed by atoms with Gasteiger partial charge in [0.25, 0.3) is 11.7 Å². The van der Waals surface area contributed by atoms with Gasteiger partial charge in [-0.15, -0.1) is 12.4 Å². The van der Waals surface area contributed by atoms with Crippen LogP contribution in [-0.2, 0) is 4.79 Å². The number of fused-ring (bicyclic) bond motifs is 1. The number of likely N-dealkylation sites (N-methyl/N-ethyl adjacent to an activating group) is 1. The third-order valence-electron chi connectivity index (χ3n) is 2.72. The highest BCUT2D eigenvalue weighted by atomic mass is 35.5. The van der Waals surface area contributed by atoms with E-state index in [0.29, 0.717) is 29.4 Å². The predicted octanol–water partition coefficient (Wildman–Crippen LogP) is 1.85. The highest BCUT2D eigenvalue weighted by molar-refractivity contribution is 6.55. The normalized spacial score (nSPS) is 13.9. The number of anilines is 1. The summed E-state index contributed by atoms with van der Waals surface area (Å²) in [6.45, 7) is 1.19. The van der Waals surface area contributed by atoms with Gasteiger partial charge in [-0.05, 0) is 26.2 Å². The number of carbonyl (C=O) groups excluding carboxylic acids is 2. The molecule has 4 nitrogen and oxygen atoms in total. The second-order valence-electron chi connectivity index (χ2n) is 4.22. The molecular weight excluding hydrogens is 275 g/mol. The van der Waals surface area contributed by atoms with Crippen LogP contribution in [0.4, 0.5) is 5.69 Å². The molecule has 1 aliphatic heterocycles. The number of hydrogen-bond acceptors (Lipinski definition) is 3. The van der Waals surface area contributed by atoms with Crippen molar-refractivity contribution in [2.24, 2.45) is 0 Å². The summed E-state index contributed by atoms with van der Waals surface area (Å²) >= 11 is 5.95. The average molecular weight is 289 g/mol. The van der Waals surface area contributed by atoms with Gasteiger partial charge in [0.05, 0.1) is 16.3 Å². The summed E-state index contributed by atoms with van der Waals surface area (Å²) in [5.41, 5.74) is 0.951. The molecule has 98 valence electrons. The van der Waals surface area contributed by atoms with Crippen molar-refractivity contribution in [1.29, 1.82) is 0 Å². The number of benzene rings is 1. The van der Waals surface area contributed by atoms with E-state index in [1.165, 1.54) is 4.90 Å². The largest absolute Gasteiger partial charge is 0.308 e. The monoisotopic (exact) mass is 288 g/mol. The van der Waals surface area contributed by atoms with E-state index in [0.717, 1.165) is 0 Å².